The first kappa shape index (κ1) is 20.3. The van der Waals surface area contributed by atoms with Crippen LogP contribution < -0.4 is 16.4 Å². The Kier molecular flexibility index (Phi) is 5.02. The Morgan fingerprint density at radius 3 is 2.67 bits per heavy atom. The van der Waals surface area contributed by atoms with Crippen LogP contribution in [0.2, 0.25) is 0 Å². The van der Waals surface area contributed by atoms with Gasteiger partial charge >= 0.3 is 0 Å². The van der Waals surface area contributed by atoms with E-state index >= 15 is 0 Å². The maximum Gasteiger partial charge on any atom is 0.267 e. The third kappa shape index (κ3) is 3.67. The average Bonchev–Trinajstić information content (AvgIpc) is 2.84. The van der Waals surface area contributed by atoms with Crippen molar-refractivity contribution < 1.29 is 4.79 Å². The fraction of sp³-hybridized carbons (Fsp3) is 0.0800. The van der Waals surface area contributed by atoms with Gasteiger partial charge in [-0.15, -0.1) is 0 Å². The Hall–Kier alpha value is -4.59. The third-order valence-corrected chi connectivity index (χ3v) is 5.40. The number of carbonyl (C=O) groups excluding carboxylic acids is 1. The molecule has 0 bridgehead atoms. The van der Waals surface area contributed by atoms with E-state index in [-0.39, 0.29) is 28.5 Å². The molecule has 0 aliphatic rings. The number of aromatic nitrogens is 4. The van der Waals surface area contributed by atoms with Crippen molar-refractivity contribution in [2.45, 2.75) is 13.5 Å². The molecule has 0 radical (unpaired) electrons. The highest BCUT2D eigenvalue weighted by Gasteiger charge is 2.18. The molecule has 0 aliphatic heterocycles. The molecule has 8 nitrogen and oxygen atoms in total. The van der Waals surface area contributed by atoms with Crippen molar-refractivity contribution in [1.29, 1.82) is 5.41 Å². The van der Waals surface area contributed by atoms with Crippen LogP contribution in [0.15, 0.2) is 84.0 Å². The SMILES string of the molecule is Cc1ccc2nc3c(cc(C(=O)NCc4cccnc4)c(=N)n3-c3ccccc3)c(=O)n2c1. The Labute approximate surface area is 188 Å². The van der Waals surface area contributed by atoms with Gasteiger partial charge in [0.15, 0.2) is 5.65 Å². The topological polar surface area (TPSA) is 105 Å². The molecule has 0 spiro atoms. The number of hydrogen-bond acceptors (Lipinski definition) is 5. The molecule has 5 rings (SSSR count). The number of aryl methyl sites for hydroxylation is 1. The van der Waals surface area contributed by atoms with Crippen molar-refractivity contribution >= 4 is 22.6 Å². The van der Waals surface area contributed by atoms with Crippen LogP contribution in [0, 0.1) is 12.3 Å². The number of para-hydroxylation sites is 1. The largest absolute Gasteiger partial charge is 0.348 e. The van der Waals surface area contributed by atoms with Gasteiger partial charge in [-0.2, -0.15) is 0 Å². The van der Waals surface area contributed by atoms with Gasteiger partial charge < -0.3 is 5.32 Å². The number of fused-ring (bicyclic) bond motifs is 2. The molecule has 2 N–H and O–H groups in total. The van der Waals surface area contributed by atoms with E-state index in [1.165, 1.54) is 15.0 Å². The van der Waals surface area contributed by atoms with Gasteiger partial charge in [0.1, 0.15) is 11.1 Å². The van der Waals surface area contributed by atoms with Gasteiger partial charge in [0, 0.05) is 30.8 Å². The second-order valence-corrected chi connectivity index (χ2v) is 7.71. The normalized spacial score (nSPS) is 11.1. The van der Waals surface area contributed by atoms with Gasteiger partial charge in [-0.05, 0) is 48.4 Å². The van der Waals surface area contributed by atoms with E-state index in [4.69, 9.17) is 5.41 Å². The lowest BCUT2D eigenvalue weighted by Gasteiger charge is -2.15. The highest BCUT2D eigenvalue weighted by atomic mass is 16.1. The molecule has 0 atom stereocenters. The molecule has 1 amide bonds. The lowest BCUT2D eigenvalue weighted by atomic mass is 10.1. The van der Waals surface area contributed by atoms with Crippen LogP contribution in [-0.4, -0.2) is 24.8 Å². The summed E-state index contributed by atoms with van der Waals surface area (Å²) < 4.78 is 3.00. The fourth-order valence-electron chi connectivity index (χ4n) is 3.76. The summed E-state index contributed by atoms with van der Waals surface area (Å²) in [6, 6.07) is 17.9. The number of carbonyl (C=O) groups is 1. The predicted octanol–water partition coefficient (Wildman–Crippen LogP) is 2.75. The molecule has 0 saturated carbocycles. The van der Waals surface area contributed by atoms with Gasteiger partial charge in [-0.3, -0.25) is 29.0 Å². The molecule has 0 fully saturated rings. The summed E-state index contributed by atoms with van der Waals surface area (Å²) in [5, 5.41) is 11.9. The Morgan fingerprint density at radius 1 is 1.09 bits per heavy atom. The average molecular weight is 436 g/mol. The van der Waals surface area contributed by atoms with Gasteiger partial charge in [0.05, 0.1) is 10.9 Å². The molecule has 0 aliphatic carbocycles. The smallest absolute Gasteiger partial charge is 0.267 e. The van der Waals surface area contributed by atoms with Crippen molar-refractivity contribution in [3.05, 3.63) is 112 Å². The van der Waals surface area contributed by atoms with E-state index in [1.54, 1.807) is 30.7 Å². The van der Waals surface area contributed by atoms with E-state index in [0.29, 0.717) is 17.0 Å². The summed E-state index contributed by atoms with van der Waals surface area (Å²) in [5.74, 6) is -0.454. The van der Waals surface area contributed by atoms with E-state index in [1.807, 2.05) is 49.4 Å². The van der Waals surface area contributed by atoms with Gasteiger partial charge in [-0.1, -0.05) is 30.3 Å². The lowest BCUT2D eigenvalue weighted by Crippen LogP contribution is -2.34. The minimum absolute atomic E-state index is 0.0549. The van der Waals surface area contributed by atoms with E-state index in [0.717, 1.165) is 11.1 Å². The summed E-state index contributed by atoms with van der Waals surface area (Å²) in [5.41, 5.74) is 2.90. The van der Waals surface area contributed by atoms with Crippen molar-refractivity contribution in [2.24, 2.45) is 0 Å². The Morgan fingerprint density at radius 2 is 1.91 bits per heavy atom. The molecule has 33 heavy (non-hydrogen) atoms. The molecule has 1 aromatic carbocycles. The number of hydrogen-bond donors (Lipinski definition) is 2. The van der Waals surface area contributed by atoms with E-state index in [9.17, 15) is 9.59 Å². The van der Waals surface area contributed by atoms with E-state index < -0.39 is 5.91 Å². The minimum atomic E-state index is -0.454. The predicted molar refractivity (Wildman–Crippen MR) is 124 cm³/mol. The molecule has 4 aromatic heterocycles. The van der Waals surface area contributed by atoms with Crippen LogP contribution in [0.3, 0.4) is 0 Å². The molecule has 0 saturated heterocycles. The number of amides is 1. The molecular formula is C25H20N6O2. The highest BCUT2D eigenvalue weighted by Crippen LogP contribution is 2.15. The Bertz CT molecular complexity index is 1620. The van der Waals surface area contributed by atoms with Gasteiger partial charge in [0.2, 0.25) is 0 Å². The first-order chi connectivity index (χ1) is 16.0. The number of nitrogens with zero attached hydrogens (tertiary/aromatic N) is 4. The second kappa shape index (κ2) is 8.16. The summed E-state index contributed by atoms with van der Waals surface area (Å²) in [6.45, 7) is 2.15. The zero-order valence-corrected chi connectivity index (χ0v) is 17.8. The van der Waals surface area contributed by atoms with Crippen molar-refractivity contribution in [3.63, 3.8) is 0 Å². The third-order valence-electron chi connectivity index (χ3n) is 5.40. The molecule has 162 valence electrons. The molecule has 4 heterocycles. The summed E-state index contributed by atoms with van der Waals surface area (Å²) in [7, 11) is 0. The standard InChI is InChI=1S/C25H20N6O2/c1-16-9-10-21-29-23-20(25(33)30(21)15-16)12-19(22(26)31(23)18-7-3-2-4-8-18)24(32)28-14-17-6-5-11-27-13-17/h2-13,15,26H,14H2,1H3,(H,28,32). The van der Waals surface area contributed by atoms with Crippen LogP contribution in [0.4, 0.5) is 0 Å². The quantitative estimate of drug-likeness (QED) is 0.423. The zero-order valence-electron chi connectivity index (χ0n) is 17.8. The maximum absolute atomic E-state index is 13.4. The summed E-state index contributed by atoms with van der Waals surface area (Å²) >= 11 is 0. The van der Waals surface area contributed by atoms with Crippen LogP contribution in [0.25, 0.3) is 22.4 Å². The second-order valence-electron chi connectivity index (χ2n) is 7.71. The monoisotopic (exact) mass is 436 g/mol. The first-order valence-electron chi connectivity index (χ1n) is 10.4. The summed E-state index contributed by atoms with van der Waals surface area (Å²) in [6.07, 6.45) is 5.04. The number of pyridine rings is 3. The number of benzene rings is 1. The number of rotatable bonds is 4. The van der Waals surface area contributed by atoms with Gasteiger partial charge in [-0.25, -0.2) is 4.98 Å². The zero-order chi connectivity index (χ0) is 22.9. The molecule has 5 aromatic rings. The van der Waals surface area contributed by atoms with Crippen LogP contribution in [0.1, 0.15) is 21.5 Å². The molecular weight excluding hydrogens is 416 g/mol. The van der Waals surface area contributed by atoms with Crippen molar-refractivity contribution in [1.82, 2.24) is 24.3 Å². The molecule has 8 heteroatoms. The number of nitrogens with one attached hydrogen (secondary N) is 2. The van der Waals surface area contributed by atoms with Crippen LogP contribution in [0.5, 0.6) is 0 Å². The van der Waals surface area contributed by atoms with Crippen LogP contribution in [-0.2, 0) is 6.54 Å². The minimum Gasteiger partial charge on any atom is -0.348 e. The van der Waals surface area contributed by atoms with Crippen molar-refractivity contribution in [2.75, 3.05) is 0 Å². The van der Waals surface area contributed by atoms with Crippen molar-refractivity contribution in [3.8, 4) is 5.69 Å². The lowest BCUT2D eigenvalue weighted by molar-refractivity contribution is 0.0949. The summed E-state index contributed by atoms with van der Waals surface area (Å²) in [4.78, 5) is 35.2. The van der Waals surface area contributed by atoms with Crippen LogP contribution >= 0.6 is 0 Å². The van der Waals surface area contributed by atoms with E-state index in [2.05, 4.69) is 15.3 Å². The fourth-order valence-corrected chi connectivity index (χ4v) is 3.76. The van der Waals surface area contributed by atoms with Gasteiger partial charge in [0.25, 0.3) is 11.5 Å². The highest BCUT2D eigenvalue weighted by molar-refractivity contribution is 5.97. The maximum atomic E-state index is 13.4. The molecule has 0 unspecified atom stereocenters. The Balaban J connectivity index is 1.75. The first-order valence-corrected chi connectivity index (χ1v) is 10.4.